The van der Waals surface area contributed by atoms with Gasteiger partial charge in [-0.05, 0) is 48.2 Å². The van der Waals surface area contributed by atoms with Crippen LogP contribution in [-0.2, 0) is 17.8 Å². The molecular formula is C28H25N5O3. The number of rotatable bonds is 8. The number of imidazole rings is 1. The lowest BCUT2D eigenvalue weighted by atomic mass is 10.0. The molecule has 1 aliphatic heterocycles. The van der Waals surface area contributed by atoms with E-state index in [0.717, 1.165) is 28.8 Å². The van der Waals surface area contributed by atoms with E-state index in [1.807, 2.05) is 48.5 Å². The topological polar surface area (TPSA) is 109 Å². The van der Waals surface area contributed by atoms with Crippen molar-refractivity contribution in [3.05, 3.63) is 118 Å². The molecule has 2 aromatic carbocycles. The lowest BCUT2D eigenvalue weighted by Gasteiger charge is -2.09. The number of carbonyl (C=O) groups excluding carboxylic acids is 2. The Hall–Kier alpha value is -4.72. The fourth-order valence-corrected chi connectivity index (χ4v) is 4.24. The molecule has 4 aromatic rings. The Kier molecular flexibility index (Phi) is 6.57. The Morgan fingerprint density at radius 2 is 1.89 bits per heavy atom. The second-order valence-electron chi connectivity index (χ2n) is 8.59. The van der Waals surface area contributed by atoms with E-state index in [2.05, 4.69) is 20.6 Å². The first-order valence-corrected chi connectivity index (χ1v) is 11.8. The van der Waals surface area contributed by atoms with E-state index in [1.165, 1.54) is 4.57 Å². The van der Waals surface area contributed by atoms with Crippen molar-refractivity contribution in [1.82, 2.24) is 19.9 Å². The van der Waals surface area contributed by atoms with E-state index in [-0.39, 0.29) is 22.9 Å². The van der Waals surface area contributed by atoms with Crippen LogP contribution in [0.4, 0.5) is 5.69 Å². The van der Waals surface area contributed by atoms with E-state index in [0.29, 0.717) is 30.8 Å². The molecule has 8 heteroatoms. The molecule has 0 saturated heterocycles. The van der Waals surface area contributed by atoms with Gasteiger partial charge in [0, 0.05) is 30.2 Å². The summed E-state index contributed by atoms with van der Waals surface area (Å²) < 4.78 is 1.54. The van der Waals surface area contributed by atoms with Crippen molar-refractivity contribution >= 4 is 29.2 Å². The third-order valence-corrected chi connectivity index (χ3v) is 6.07. The summed E-state index contributed by atoms with van der Waals surface area (Å²) in [6, 6.07) is 18.8. The molecule has 0 radical (unpaired) electrons. The van der Waals surface area contributed by atoms with Gasteiger partial charge in [0.1, 0.15) is 5.56 Å². The first kappa shape index (κ1) is 23.0. The van der Waals surface area contributed by atoms with Gasteiger partial charge in [-0.2, -0.15) is 0 Å². The fraction of sp³-hybridized carbons (Fsp3) is 0.143. The molecule has 0 saturated carbocycles. The van der Waals surface area contributed by atoms with Gasteiger partial charge >= 0.3 is 0 Å². The average Bonchev–Trinajstić information content (AvgIpc) is 3.51. The van der Waals surface area contributed by atoms with E-state index >= 15 is 0 Å². The summed E-state index contributed by atoms with van der Waals surface area (Å²) in [5.41, 5.74) is 4.75. The fourth-order valence-electron chi connectivity index (χ4n) is 4.24. The van der Waals surface area contributed by atoms with Crippen LogP contribution in [-0.4, -0.2) is 32.9 Å². The number of aryl methyl sites for hydroxylation is 1. The predicted molar refractivity (Wildman–Crippen MR) is 138 cm³/mol. The van der Waals surface area contributed by atoms with Gasteiger partial charge in [-0.25, -0.2) is 4.98 Å². The summed E-state index contributed by atoms with van der Waals surface area (Å²) in [7, 11) is 0. The lowest BCUT2D eigenvalue weighted by Crippen LogP contribution is -2.33. The quantitative estimate of drug-likeness (QED) is 0.266. The molecule has 0 bridgehead atoms. The van der Waals surface area contributed by atoms with E-state index in [1.54, 1.807) is 36.9 Å². The van der Waals surface area contributed by atoms with Crippen LogP contribution >= 0.6 is 0 Å². The summed E-state index contributed by atoms with van der Waals surface area (Å²) in [5, 5.41) is 5.76. The molecule has 0 spiro atoms. The van der Waals surface area contributed by atoms with Crippen LogP contribution in [0.3, 0.4) is 0 Å². The summed E-state index contributed by atoms with van der Waals surface area (Å²) >= 11 is 0. The first-order valence-electron chi connectivity index (χ1n) is 11.8. The Balaban J connectivity index is 1.17. The number of H-pyrrole nitrogens is 1. The molecule has 5 rings (SSSR count). The number of hydrogen-bond donors (Lipinski definition) is 3. The van der Waals surface area contributed by atoms with Crippen LogP contribution in [0.1, 0.15) is 39.2 Å². The van der Waals surface area contributed by atoms with Gasteiger partial charge in [-0.1, -0.05) is 42.5 Å². The molecule has 2 aromatic heterocycles. The summed E-state index contributed by atoms with van der Waals surface area (Å²) in [6.45, 7) is 0.841. The van der Waals surface area contributed by atoms with Crippen molar-refractivity contribution in [2.45, 2.75) is 19.4 Å². The van der Waals surface area contributed by atoms with E-state index in [9.17, 15) is 14.4 Å². The number of pyridine rings is 1. The zero-order valence-electron chi connectivity index (χ0n) is 19.5. The molecule has 3 N–H and O–H groups in total. The Morgan fingerprint density at radius 3 is 2.69 bits per heavy atom. The molecule has 8 nitrogen and oxygen atoms in total. The van der Waals surface area contributed by atoms with E-state index in [4.69, 9.17) is 0 Å². The summed E-state index contributed by atoms with van der Waals surface area (Å²) in [6.07, 6.45) is 8.15. The number of carbonyl (C=O) groups is 2. The number of anilines is 1. The number of hydrogen-bond acceptors (Lipinski definition) is 4. The monoisotopic (exact) mass is 479 g/mol. The number of aromatic nitrogens is 3. The summed E-state index contributed by atoms with van der Waals surface area (Å²) in [5.74, 6) is -0.532. The maximum Gasteiger partial charge on any atom is 0.263 e. The molecule has 2 amide bonds. The van der Waals surface area contributed by atoms with Crippen LogP contribution in [0.2, 0.25) is 0 Å². The van der Waals surface area contributed by atoms with Gasteiger partial charge in [-0.15, -0.1) is 0 Å². The number of amides is 2. The second-order valence-corrected chi connectivity index (χ2v) is 8.59. The zero-order valence-corrected chi connectivity index (χ0v) is 19.5. The van der Waals surface area contributed by atoms with Crippen molar-refractivity contribution in [1.29, 1.82) is 0 Å². The molecular weight excluding hydrogens is 454 g/mol. The highest BCUT2D eigenvalue weighted by molar-refractivity contribution is 6.34. The highest BCUT2D eigenvalue weighted by Crippen LogP contribution is 2.33. The Bertz CT molecular complexity index is 1490. The number of fused-ring (bicyclic) bond motifs is 1. The molecule has 0 unspecified atom stereocenters. The maximum atomic E-state index is 12.8. The summed E-state index contributed by atoms with van der Waals surface area (Å²) in [4.78, 5) is 44.9. The van der Waals surface area contributed by atoms with Crippen molar-refractivity contribution in [2.24, 2.45) is 0 Å². The van der Waals surface area contributed by atoms with Gasteiger partial charge in [0.05, 0.1) is 24.1 Å². The zero-order chi connectivity index (χ0) is 24.9. The Morgan fingerprint density at radius 1 is 1.03 bits per heavy atom. The normalized spacial score (nSPS) is 13.4. The van der Waals surface area contributed by atoms with Crippen molar-refractivity contribution in [3.8, 4) is 0 Å². The molecule has 36 heavy (non-hydrogen) atoms. The predicted octanol–water partition coefficient (Wildman–Crippen LogP) is 3.48. The molecule has 0 aliphatic carbocycles. The van der Waals surface area contributed by atoms with Gasteiger partial charge in [0.25, 0.3) is 17.4 Å². The minimum Gasteiger partial charge on any atom is -0.352 e. The lowest BCUT2D eigenvalue weighted by molar-refractivity contribution is -0.110. The average molecular weight is 480 g/mol. The smallest absolute Gasteiger partial charge is 0.263 e. The molecule has 0 atom stereocenters. The van der Waals surface area contributed by atoms with E-state index < -0.39 is 0 Å². The molecule has 0 fully saturated rings. The van der Waals surface area contributed by atoms with Crippen LogP contribution in [0, 0.1) is 0 Å². The van der Waals surface area contributed by atoms with Crippen molar-refractivity contribution < 1.29 is 9.59 Å². The third-order valence-electron chi connectivity index (χ3n) is 6.07. The largest absolute Gasteiger partial charge is 0.352 e. The molecule has 1 aliphatic rings. The molecule has 180 valence electrons. The minimum absolute atomic E-state index is 0.130. The number of aromatic amines is 1. The van der Waals surface area contributed by atoms with Gasteiger partial charge in [-0.3, -0.25) is 14.4 Å². The van der Waals surface area contributed by atoms with Crippen molar-refractivity contribution in [3.63, 3.8) is 0 Å². The minimum atomic E-state index is -0.378. The number of nitrogens with one attached hydrogen (secondary N) is 3. The van der Waals surface area contributed by atoms with Crippen LogP contribution in [0.25, 0.3) is 11.6 Å². The third kappa shape index (κ3) is 5.02. The number of nitrogens with zero attached hydrogens (tertiary/aromatic N) is 2. The standard InChI is InChI=1S/C28H25N5O3/c34-26(23-9-5-13-33(28(23)36)17-20-6-2-1-3-7-20)30-12-4-8-19-10-11-22-24(15-21-16-29-18-31-21)27(35)32-25(22)14-19/h1-3,5-7,9-11,13-16,18H,4,8,12,17H2,(H,29,31)(H,30,34)(H,32,35)/b24-15-. The van der Waals surface area contributed by atoms with Crippen LogP contribution in [0.5, 0.6) is 0 Å². The second kappa shape index (κ2) is 10.3. The van der Waals surface area contributed by atoms with Crippen molar-refractivity contribution in [2.75, 3.05) is 11.9 Å². The highest BCUT2D eigenvalue weighted by Gasteiger charge is 2.24. The SMILES string of the molecule is O=C1Nc2cc(CCCNC(=O)c3cccn(Cc4ccccc4)c3=O)ccc2/C1=C/c1c[nH]cn1. The van der Waals surface area contributed by atoms with Gasteiger partial charge < -0.3 is 20.2 Å². The van der Waals surface area contributed by atoms with Gasteiger partial charge in [0.2, 0.25) is 0 Å². The maximum absolute atomic E-state index is 12.8. The molecule has 3 heterocycles. The first-order chi connectivity index (χ1) is 17.6. The van der Waals surface area contributed by atoms with Crippen LogP contribution < -0.4 is 16.2 Å². The highest BCUT2D eigenvalue weighted by atomic mass is 16.2. The Labute approximate surface area is 207 Å². The van der Waals surface area contributed by atoms with Gasteiger partial charge in [0.15, 0.2) is 0 Å². The van der Waals surface area contributed by atoms with Crippen LogP contribution in [0.15, 0.2) is 84.2 Å². The number of benzene rings is 2.